The second-order valence-electron chi connectivity index (χ2n) is 4.72. The summed E-state index contributed by atoms with van der Waals surface area (Å²) in [7, 11) is -3.21. The van der Waals surface area contributed by atoms with Crippen molar-refractivity contribution >= 4 is 27.1 Å². The third-order valence-corrected chi connectivity index (χ3v) is 5.26. The molecule has 0 heterocycles. The van der Waals surface area contributed by atoms with Gasteiger partial charge in [-0.15, -0.1) is 0 Å². The van der Waals surface area contributed by atoms with Gasteiger partial charge in [0.25, 0.3) is 0 Å². The second kappa shape index (κ2) is 4.26. The SMILES string of the molecule is CC(C)(C)S(=O)(=O)Cc1ccc(N)cc1Cl. The first kappa shape index (κ1) is 13.3. The van der Waals surface area contributed by atoms with Crippen LogP contribution in [-0.4, -0.2) is 13.2 Å². The number of rotatable bonds is 2. The van der Waals surface area contributed by atoms with E-state index in [0.717, 1.165) is 0 Å². The van der Waals surface area contributed by atoms with Gasteiger partial charge in [0.2, 0.25) is 0 Å². The van der Waals surface area contributed by atoms with Crippen molar-refractivity contribution in [3.63, 3.8) is 0 Å². The summed E-state index contributed by atoms with van der Waals surface area (Å²) in [4.78, 5) is 0. The molecule has 0 aliphatic carbocycles. The fraction of sp³-hybridized carbons (Fsp3) is 0.455. The minimum Gasteiger partial charge on any atom is -0.399 e. The molecule has 0 amide bonds. The van der Waals surface area contributed by atoms with Gasteiger partial charge in [-0.2, -0.15) is 0 Å². The highest BCUT2D eigenvalue weighted by Crippen LogP contribution is 2.26. The Balaban J connectivity index is 3.07. The lowest BCUT2D eigenvalue weighted by Crippen LogP contribution is -2.29. The quantitative estimate of drug-likeness (QED) is 0.833. The Morgan fingerprint density at radius 1 is 1.31 bits per heavy atom. The maximum atomic E-state index is 12.0. The summed E-state index contributed by atoms with van der Waals surface area (Å²) in [5.74, 6) is -0.0599. The molecular formula is C11H16ClNO2S. The van der Waals surface area contributed by atoms with Gasteiger partial charge in [-0.25, -0.2) is 8.42 Å². The minimum absolute atomic E-state index is 0.0599. The van der Waals surface area contributed by atoms with Crippen LogP contribution in [0.3, 0.4) is 0 Å². The number of hydrogen-bond donors (Lipinski definition) is 1. The van der Waals surface area contributed by atoms with E-state index < -0.39 is 14.6 Å². The number of sulfone groups is 1. The van der Waals surface area contributed by atoms with Crippen LogP contribution in [0.15, 0.2) is 18.2 Å². The zero-order chi connectivity index (χ0) is 12.6. The molecule has 0 bridgehead atoms. The highest BCUT2D eigenvalue weighted by molar-refractivity contribution is 7.91. The maximum absolute atomic E-state index is 12.0. The molecule has 90 valence electrons. The van der Waals surface area contributed by atoms with Crippen molar-refractivity contribution in [2.45, 2.75) is 31.3 Å². The van der Waals surface area contributed by atoms with Crippen molar-refractivity contribution in [3.05, 3.63) is 28.8 Å². The Morgan fingerprint density at radius 2 is 1.88 bits per heavy atom. The lowest BCUT2D eigenvalue weighted by molar-refractivity contribution is 0.559. The summed E-state index contributed by atoms with van der Waals surface area (Å²) in [6, 6.07) is 4.87. The van der Waals surface area contributed by atoms with Gasteiger partial charge in [0, 0.05) is 10.7 Å². The molecule has 0 saturated carbocycles. The van der Waals surface area contributed by atoms with Gasteiger partial charge in [-0.05, 0) is 38.5 Å². The van der Waals surface area contributed by atoms with E-state index >= 15 is 0 Å². The van der Waals surface area contributed by atoms with Crippen molar-refractivity contribution in [1.82, 2.24) is 0 Å². The molecule has 0 aliphatic rings. The highest BCUT2D eigenvalue weighted by atomic mass is 35.5. The fourth-order valence-electron chi connectivity index (χ4n) is 1.10. The molecule has 16 heavy (non-hydrogen) atoms. The number of anilines is 1. The number of nitrogen functional groups attached to an aromatic ring is 1. The van der Waals surface area contributed by atoms with E-state index in [0.29, 0.717) is 16.3 Å². The van der Waals surface area contributed by atoms with E-state index in [1.54, 1.807) is 39.0 Å². The molecule has 5 heteroatoms. The van der Waals surface area contributed by atoms with E-state index in [4.69, 9.17) is 17.3 Å². The van der Waals surface area contributed by atoms with Crippen LogP contribution < -0.4 is 5.73 Å². The Kier molecular flexibility index (Phi) is 3.55. The monoisotopic (exact) mass is 261 g/mol. The zero-order valence-corrected chi connectivity index (χ0v) is 11.2. The molecule has 0 aliphatic heterocycles. The molecule has 0 unspecified atom stereocenters. The number of benzene rings is 1. The lowest BCUT2D eigenvalue weighted by atomic mass is 10.2. The average molecular weight is 262 g/mol. The van der Waals surface area contributed by atoms with Crippen LogP contribution in [0.4, 0.5) is 5.69 Å². The number of hydrogen-bond acceptors (Lipinski definition) is 3. The zero-order valence-electron chi connectivity index (χ0n) is 9.62. The van der Waals surface area contributed by atoms with Gasteiger partial charge < -0.3 is 5.73 Å². The minimum atomic E-state index is -3.21. The van der Waals surface area contributed by atoms with Gasteiger partial charge in [-0.3, -0.25) is 0 Å². The van der Waals surface area contributed by atoms with Crippen LogP contribution in [0.2, 0.25) is 5.02 Å². The lowest BCUT2D eigenvalue weighted by Gasteiger charge is -2.19. The van der Waals surface area contributed by atoms with Crippen molar-refractivity contribution in [2.75, 3.05) is 5.73 Å². The summed E-state index contributed by atoms with van der Waals surface area (Å²) in [5, 5.41) is 0.396. The van der Waals surface area contributed by atoms with Crippen molar-refractivity contribution in [1.29, 1.82) is 0 Å². The van der Waals surface area contributed by atoms with Crippen LogP contribution in [-0.2, 0) is 15.6 Å². The molecular weight excluding hydrogens is 246 g/mol. The first-order valence-corrected chi connectivity index (χ1v) is 6.93. The molecule has 0 saturated heterocycles. The van der Waals surface area contributed by atoms with Gasteiger partial charge in [0.1, 0.15) is 0 Å². The third kappa shape index (κ3) is 2.89. The molecule has 0 radical (unpaired) electrons. The Labute approximate surface area is 102 Å². The summed E-state index contributed by atoms with van der Waals surface area (Å²) in [6.45, 7) is 5.02. The largest absolute Gasteiger partial charge is 0.399 e. The van der Waals surface area contributed by atoms with Crippen LogP contribution >= 0.6 is 11.6 Å². The number of nitrogens with two attached hydrogens (primary N) is 1. The molecule has 0 fully saturated rings. The van der Waals surface area contributed by atoms with Gasteiger partial charge >= 0.3 is 0 Å². The predicted octanol–water partition coefficient (Wildman–Crippen LogP) is 2.64. The second-order valence-corrected chi connectivity index (χ2v) is 7.87. The maximum Gasteiger partial charge on any atom is 0.159 e. The average Bonchev–Trinajstić information content (AvgIpc) is 2.08. The molecule has 1 aromatic rings. The number of halogens is 1. The van der Waals surface area contributed by atoms with E-state index in [1.807, 2.05) is 0 Å². The molecule has 0 aromatic heterocycles. The molecule has 1 aromatic carbocycles. The van der Waals surface area contributed by atoms with Crippen molar-refractivity contribution in [2.24, 2.45) is 0 Å². The van der Waals surface area contributed by atoms with E-state index in [2.05, 4.69) is 0 Å². The molecule has 0 spiro atoms. The molecule has 0 atom stereocenters. The Morgan fingerprint density at radius 3 is 2.31 bits per heavy atom. The summed E-state index contributed by atoms with van der Waals surface area (Å²) in [6.07, 6.45) is 0. The van der Waals surface area contributed by atoms with E-state index in [-0.39, 0.29) is 5.75 Å². The molecule has 1 rings (SSSR count). The molecule has 3 nitrogen and oxygen atoms in total. The van der Waals surface area contributed by atoms with E-state index in [9.17, 15) is 8.42 Å². The normalized spacial score (nSPS) is 12.8. The smallest absolute Gasteiger partial charge is 0.159 e. The van der Waals surface area contributed by atoms with Crippen LogP contribution in [0.5, 0.6) is 0 Å². The summed E-state index contributed by atoms with van der Waals surface area (Å²) < 4.78 is 23.2. The van der Waals surface area contributed by atoms with Crippen molar-refractivity contribution in [3.8, 4) is 0 Å². The third-order valence-electron chi connectivity index (χ3n) is 2.36. The fourth-order valence-corrected chi connectivity index (χ4v) is 2.53. The summed E-state index contributed by atoms with van der Waals surface area (Å²) >= 11 is 5.94. The Bertz CT molecular complexity index is 489. The first-order valence-electron chi connectivity index (χ1n) is 4.90. The standard InChI is InChI=1S/C11H16ClNO2S/c1-11(2,3)16(14,15)7-8-4-5-9(13)6-10(8)12/h4-6H,7,13H2,1-3H3. The Hall–Kier alpha value is -0.740. The van der Waals surface area contributed by atoms with Gasteiger partial charge in [-0.1, -0.05) is 17.7 Å². The molecule has 2 N–H and O–H groups in total. The predicted molar refractivity (Wildman–Crippen MR) is 68.2 cm³/mol. The van der Waals surface area contributed by atoms with Crippen LogP contribution in [0.1, 0.15) is 26.3 Å². The highest BCUT2D eigenvalue weighted by Gasteiger charge is 2.29. The summed E-state index contributed by atoms with van der Waals surface area (Å²) in [5.41, 5.74) is 6.66. The first-order chi connectivity index (χ1) is 7.13. The van der Waals surface area contributed by atoms with Gasteiger partial charge in [0.05, 0.1) is 10.5 Å². The van der Waals surface area contributed by atoms with Crippen LogP contribution in [0.25, 0.3) is 0 Å². The van der Waals surface area contributed by atoms with Crippen molar-refractivity contribution < 1.29 is 8.42 Å². The van der Waals surface area contributed by atoms with Crippen LogP contribution in [0, 0.1) is 0 Å². The van der Waals surface area contributed by atoms with Gasteiger partial charge in [0.15, 0.2) is 9.84 Å². The topological polar surface area (TPSA) is 60.2 Å². The van der Waals surface area contributed by atoms with E-state index in [1.165, 1.54) is 0 Å².